The Morgan fingerprint density at radius 1 is 1.10 bits per heavy atom. The van der Waals surface area contributed by atoms with Crippen LogP contribution in [-0.2, 0) is 9.53 Å². The van der Waals surface area contributed by atoms with E-state index in [1.54, 1.807) is 48.5 Å². The van der Waals surface area contributed by atoms with Crippen molar-refractivity contribution in [1.82, 2.24) is 4.90 Å². The SMILES string of the molecule is COc1ccccc1OC(c1ccccc1)C1CN(C(=O)C(F)(F)F)CCO1.Cl. The third kappa shape index (κ3) is 5.55. The molecule has 1 amide bonds. The zero-order valence-electron chi connectivity index (χ0n) is 15.6. The first-order chi connectivity index (χ1) is 13.4. The zero-order valence-corrected chi connectivity index (χ0v) is 16.4. The Balaban J connectivity index is 0.00000300. The molecule has 0 spiro atoms. The molecule has 9 heteroatoms. The van der Waals surface area contributed by atoms with Crippen LogP contribution in [0.3, 0.4) is 0 Å². The molecule has 0 aliphatic carbocycles. The van der Waals surface area contributed by atoms with Crippen LogP contribution in [-0.4, -0.2) is 49.9 Å². The average molecular weight is 432 g/mol. The molecule has 0 saturated carbocycles. The zero-order chi connectivity index (χ0) is 20.1. The van der Waals surface area contributed by atoms with Crippen LogP contribution in [0.4, 0.5) is 13.2 Å². The van der Waals surface area contributed by atoms with E-state index in [2.05, 4.69) is 0 Å². The lowest BCUT2D eigenvalue weighted by Gasteiger charge is -2.37. The first kappa shape index (κ1) is 22.8. The van der Waals surface area contributed by atoms with Crippen molar-refractivity contribution < 1.29 is 32.2 Å². The van der Waals surface area contributed by atoms with Crippen molar-refractivity contribution in [1.29, 1.82) is 0 Å². The van der Waals surface area contributed by atoms with E-state index >= 15 is 0 Å². The predicted octanol–water partition coefficient (Wildman–Crippen LogP) is 4.03. The first-order valence-electron chi connectivity index (χ1n) is 8.72. The molecular weight excluding hydrogens is 411 g/mol. The molecule has 1 saturated heterocycles. The molecule has 29 heavy (non-hydrogen) atoms. The Morgan fingerprint density at radius 2 is 1.72 bits per heavy atom. The number of methoxy groups -OCH3 is 1. The van der Waals surface area contributed by atoms with Gasteiger partial charge < -0.3 is 19.1 Å². The van der Waals surface area contributed by atoms with Crippen LogP contribution in [0.25, 0.3) is 0 Å². The van der Waals surface area contributed by atoms with Crippen LogP contribution in [0.5, 0.6) is 11.5 Å². The lowest BCUT2D eigenvalue weighted by Crippen LogP contribution is -2.52. The molecule has 2 atom stereocenters. The second-order valence-electron chi connectivity index (χ2n) is 6.26. The summed E-state index contributed by atoms with van der Waals surface area (Å²) in [4.78, 5) is 12.4. The molecule has 5 nitrogen and oxygen atoms in total. The fourth-order valence-electron chi connectivity index (χ4n) is 3.08. The summed E-state index contributed by atoms with van der Waals surface area (Å²) in [6.45, 7) is -0.358. The number of benzene rings is 2. The molecule has 1 fully saturated rings. The summed E-state index contributed by atoms with van der Waals surface area (Å²) in [6.07, 6.45) is -6.41. The minimum absolute atomic E-state index is 0. The van der Waals surface area contributed by atoms with Gasteiger partial charge in [-0.2, -0.15) is 13.2 Å². The minimum Gasteiger partial charge on any atom is -0.493 e. The lowest BCUT2D eigenvalue weighted by molar-refractivity contribution is -0.193. The van der Waals surface area contributed by atoms with Crippen molar-refractivity contribution in [3.8, 4) is 11.5 Å². The second kappa shape index (κ2) is 9.84. The smallest absolute Gasteiger partial charge is 0.471 e. The van der Waals surface area contributed by atoms with Gasteiger partial charge in [-0.05, 0) is 17.7 Å². The maximum absolute atomic E-state index is 12.9. The summed E-state index contributed by atoms with van der Waals surface area (Å²) in [5.74, 6) is -0.950. The van der Waals surface area contributed by atoms with E-state index in [1.807, 2.05) is 6.07 Å². The Kier molecular flexibility index (Phi) is 7.75. The van der Waals surface area contributed by atoms with E-state index < -0.39 is 24.3 Å². The predicted molar refractivity (Wildman–Crippen MR) is 102 cm³/mol. The minimum atomic E-state index is -4.92. The number of carbonyl (C=O) groups is 1. The summed E-state index contributed by atoms with van der Waals surface area (Å²) >= 11 is 0. The molecule has 3 rings (SSSR count). The van der Waals surface area contributed by atoms with Gasteiger partial charge in [0, 0.05) is 6.54 Å². The van der Waals surface area contributed by atoms with E-state index in [1.165, 1.54) is 7.11 Å². The maximum atomic E-state index is 12.9. The number of ether oxygens (including phenoxy) is 3. The van der Waals surface area contributed by atoms with Crippen molar-refractivity contribution in [2.45, 2.75) is 18.4 Å². The quantitative estimate of drug-likeness (QED) is 0.717. The average Bonchev–Trinajstić information content (AvgIpc) is 2.71. The number of hydrogen-bond acceptors (Lipinski definition) is 4. The molecular formula is C20H21ClF3NO4. The van der Waals surface area contributed by atoms with Gasteiger partial charge in [0.25, 0.3) is 0 Å². The van der Waals surface area contributed by atoms with Gasteiger partial charge in [0.2, 0.25) is 0 Å². The van der Waals surface area contributed by atoms with E-state index in [0.29, 0.717) is 11.5 Å². The van der Waals surface area contributed by atoms with Gasteiger partial charge in [-0.1, -0.05) is 42.5 Å². The Hall–Kier alpha value is -2.45. The van der Waals surface area contributed by atoms with E-state index in [9.17, 15) is 18.0 Å². The van der Waals surface area contributed by atoms with Crippen LogP contribution in [0.15, 0.2) is 54.6 Å². The highest BCUT2D eigenvalue weighted by molar-refractivity contribution is 5.85. The largest absolute Gasteiger partial charge is 0.493 e. The van der Waals surface area contributed by atoms with Crippen LogP contribution < -0.4 is 9.47 Å². The van der Waals surface area contributed by atoms with Crippen molar-refractivity contribution in [3.63, 3.8) is 0 Å². The fourth-order valence-corrected chi connectivity index (χ4v) is 3.08. The summed E-state index contributed by atoms with van der Waals surface area (Å²) in [5, 5.41) is 0. The standard InChI is InChI=1S/C20H20F3NO4.ClH/c1-26-15-9-5-6-10-16(15)28-18(14-7-3-2-4-8-14)17-13-24(11-12-27-17)19(25)20(21,22)23;/h2-10,17-18H,11-13H2,1H3;1H. The molecule has 0 aromatic heterocycles. The molecule has 2 aromatic rings. The van der Waals surface area contributed by atoms with Gasteiger partial charge in [-0.3, -0.25) is 4.79 Å². The normalized spacial score (nSPS) is 17.8. The fraction of sp³-hybridized carbons (Fsp3) is 0.350. The number of amides is 1. The van der Waals surface area contributed by atoms with E-state index in [0.717, 1.165) is 10.5 Å². The molecule has 2 unspecified atom stereocenters. The van der Waals surface area contributed by atoms with Gasteiger partial charge in [-0.15, -0.1) is 12.4 Å². The summed E-state index contributed by atoms with van der Waals surface area (Å²) in [6, 6.07) is 16.0. The van der Waals surface area contributed by atoms with Crippen LogP contribution in [0.2, 0.25) is 0 Å². The van der Waals surface area contributed by atoms with Crippen LogP contribution >= 0.6 is 12.4 Å². The monoisotopic (exact) mass is 431 g/mol. The number of nitrogens with zero attached hydrogens (tertiary/aromatic N) is 1. The Morgan fingerprint density at radius 3 is 2.34 bits per heavy atom. The molecule has 0 bridgehead atoms. The molecule has 1 aliphatic rings. The van der Waals surface area contributed by atoms with E-state index in [-0.39, 0.29) is 32.1 Å². The Labute approximate surface area is 172 Å². The highest BCUT2D eigenvalue weighted by Gasteiger charge is 2.45. The van der Waals surface area contributed by atoms with Crippen molar-refractivity contribution in [2.24, 2.45) is 0 Å². The topological polar surface area (TPSA) is 48.0 Å². The number of carbonyl (C=O) groups excluding carboxylic acids is 1. The van der Waals surface area contributed by atoms with Gasteiger partial charge in [0.05, 0.1) is 20.3 Å². The van der Waals surface area contributed by atoms with Gasteiger partial charge in [-0.25, -0.2) is 0 Å². The van der Waals surface area contributed by atoms with E-state index in [4.69, 9.17) is 14.2 Å². The van der Waals surface area contributed by atoms with Gasteiger partial charge >= 0.3 is 12.1 Å². The van der Waals surface area contributed by atoms with Crippen LogP contribution in [0, 0.1) is 0 Å². The van der Waals surface area contributed by atoms with Gasteiger partial charge in [0.15, 0.2) is 17.6 Å². The van der Waals surface area contributed by atoms with Crippen molar-refractivity contribution in [3.05, 3.63) is 60.2 Å². The lowest BCUT2D eigenvalue weighted by atomic mass is 10.0. The molecule has 1 aliphatic heterocycles. The van der Waals surface area contributed by atoms with Crippen molar-refractivity contribution >= 4 is 18.3 Å². The van der Waals surface area contributed by atoms with Gasteiger partial charge in [0.1, 0.15) is 6.10 Å². The number of rotatable bonds is 5. The summed E-state index contributed by atoms with van der Waals surface area (Å²) in [7, 11) is 1.50. The summed E-state index contributed by atoms with van der Waals surface area (Å²) < 4.78 is 55.7. The molecule has 158 valence electrons. The molecule has 2 aromatic carbocycles. The number of morpholine rings is 1. The third-order valence-electron chi connectivity index (χ3n) is 4.41. The highest BCUT2D eigenvalue weighted by Crippen LogP contribution is 2.34. The second-order valence-corrected chi connectivity index (χ2v) is 6.26. The highest BCUT2D eigenvalue weighted by atomic mass is 35.5. The Bertz CT molecular complexity index is 804. The first-order valence-corrected chi connectivity index (χ1v) is 8.72. The van der Waals surface area contributed by atoms with Crippen LogP contribution in [0.1, 0.15) is 11.7 Å². The maximum Gasteiger partial charge on any atom is 0.471 e. The molecule has 1 heterocycles. The molecule has 0 radical (unpaired) electrons. The number of halogens is 4. The van der Waals surface area contributed by atoms with Crippen molar-refractivity contribution in [2.75, 3.05) is 26.8 Å². The number of hydrogen-bond donors (Lipinski definition) is 0. The number of para-hydroxylation sites is 2. The third-order valence-corrected chi connectivity index (χ3v) is 4.41. The number of alkyl halides is 3. The summed E-state index contributed by atoms with van der Waals surface area (Å²) in [5.41, 5.74) is 0.722. The molecule has 0 N–H and O–H groups in total.